The number of Topliss-reactive ketones (excluding diaryl/α,β-unsaturated/α-hetero) is 1. The number of amides is 1. The third kappa shape index (κ3) is 2.61. The number of hydrogen-bond donors (Lipinski definition) is 1. The molecule has 0 aromatic heterocycles. The summed E-state index contributed by atoms with van der Waals surface area (Å²) in [6.07, 6.45) is 4.26. The zero-order chi connectivity index (χ0) is 13.2. The summed E-state index contributed by atoms with van der Waals surface area (Å²) in [6, 6.07) is 7.17. The van der Waals surface area contributed by atoms with E-state index in [1.165, 1.54) is 6.92 Å². The molecular formula is C15H19NO2. The van der Waals surface area contributed by atoms with Crippen LogP contribution in [0, 0.1) is 5.41 Å². The second-order valence-electron chi connectivity index (χ2n) is 5.36. The van der Waals surface area contributed by atoms with Crippen molar-refractivity contribution in [1.82, 2.24) is 0 Å². The van der Waals surface area contributed by atoms with E-state index in [4.69, 9.17) is 0 Å². The average Bonchev–Trinajstić information content (AvgIpc) is 2.77. The Morgan fingerprint density at radius 2 is 1.67 bits per heavy atom. The van der Waals surface area contributed by atoms with E-state index in [0.29, 0.717) is 0 Å². The molecule has 1 N–H and O–H groups in total. The Balaban J connectivity index is 2.14. The fourth-order valence-corrected chi connectivity index (χ4v) is 2.64. The molecule has 1 aliphatic rings. The fourth-order valence-electron chi connectivity index (χ4n) is 2.64. The molecule has 18 heavy (non-hydrogen) atoms. The Labute approximate surface area is 108 Å². The minimum absolute atomic E-state index is 0.100. The molecule has 1 aromatic carbocycles. The molecule has 0 bridgehead atoms. The van der Waals surface area contributed by atoms with Crippen molar-refractivity contribution in [3.63, 3.8) is 0 Å². The number of anilines is 1. The third-order valence-electron chi connectivity index (χ3n) is 3.72. The molecule has 1 amide bonds. The summed E-state index contributed by atoms with van der Waals surface area (Å²) in [4.78, 5) is 23.3. The maximum Gasteiger partial charge on any atom is 0.221 e. The first-order valence-corrected chi connectivity index (χ1v) is 6.44. The SMILES string of the molecule is CC(=O)Nc1ccc(C(=O)C2(C)CCCC2)cc1. The van der Waals surface area contributed by atoms with E-state index in [9.17, 15) is 9.59 Å². The molecule has 2 rings (SSSR count). The second-order valence-corrected chi connectivity index (χ2v) is 5.36. The first kappa shape index (κ1) is 12.8. The highest BCUT2D eigenvalue weighted by Crippen LogP contribution is 2.40. The summed E-state index contributed by atoms with van der Waals surface area (Å²) in [5.74, 6) is 0.131. The van der Waals surface area contributed by atoms with Crippen molar-refractivity contribution in [3.8, 4) is 0 Å². The average molecular weight is 245 g/mol. The Morgan fingerprint density at radius 3 is 2.17 bits per heavy atom. The van der Waals surface area contributed by atoms with Crippen molar-refractivity contribution in [2.75, 3.05) is 5.32 Å². The summed E-state index contributed by atoms with van der Waals surface area (Å²) in [5.41, 5.74) is 1.29. The van der Waals surface area contributed by atoms with E-state index >= 15 is 0 Å². The first-order valence-electron chi connectivity index (χ1n) is 6.44. The van der Waals surface area contributed by atoms with Crippen LogP contribution in [0.3, 0.4) is 0 Å². The number of hydrogen-bond acceptors (Lipinski definition) is 2. The lowest BCUT2D eigenvalue weighted by Gasteiger charge is -2.21. The van der Waals surface area contributed by atoms with Gasteiger partial charge in [0.2, 0.25) is 5.91 Å². The number of carbonyl (C=O) groups excluding carboxylic acids is 2. The van der Waals surface area contributed by atoms with Gasteiger partial charge in [-0.15, -0.1) is 0 Å². The van der Waals surface area contributed by atoms with Crippen LogP contribution in [0.5, 0.6) is 0 Å². The van der Waals surface area contributed by atoms with Gasteiger partial charge in [-0.25, -0.2) is 0 Å². The van der Waals surface area contributed by atoms with Crippen molar-refractivity contribution in [3.05, 3.63) is 29.8 Å². The largest absolute Gasteiger partial charge is 0.326 e. The molecule has 1 fully saturated rings. The molecule has 3 heteroatoms. The topological polar surface area (TPSA) is 46.2 Å². The molecule has 1 saturated carbocycles. The van der Waals surface area contributed by atoms with Crippen LogP contribution in [-0.4, -0.2) is 11.7 Å². The van der Waals surface area contributed by atoms with Crippen LogP contribution in [-0.2, 0) is 4.79 Å². The van der Waals surface area contributed by atoms with Crippen molar-refractivity contribution in [1.29, 1.82) is 0 Å². The highest BCUT2D eigenvalue weighted by Gasteiger charge is 2.36. The van der Waals surface area contributed by atoms with Gasteiger partial charge in [-0.1, -0.05) is 19.8 Å². The molecule has 0 atom stereocenters. The normalized spacial score (nSPS) is 17.4. The minimum Gasteiger partial charge on any atom is -0.326 e. The van der Waals surface area contributed by atoms with Gasteiger partial charge in [0.1, 0.15) is 0 Å². The Bertz CT molecular complexity index is 456. The number of benzene rings is 1. The zero-order valence-corrected chi connectivity index (χ0v) is 11.0. The van der Waals surface area contributed by atoms with E-state index in [0.717, 1.165) is 36.9 Å². The summed E-state index contributed by atoms with van der Waals surface area (Å²) in [5, 5.41) is 2.70. The molecule has 0 spiro atoms. The lowest BCUT2D eigenvalue weighted by Crippen LogP contribution is -2.24. The first-order chi connectivity index (χ1) is 8.51. The molecule has 1 aliphatic carbocycles. The van der Waals surface area contributed by atoms with E-state index in [1.54, 1.807) is 24.3 Å². The Morgan fingerprint density at radius 1 is 1.11 bits per heavy atom. The van der Waals surface area contributed by atoms with Gasteiger partial charge in [-0.05, 0) is 37.1 Å². The monoisotopic (exact) mass is 245 g/mol. The van der Waals surface area contributed by atoms with Crippen molar-refractivity contribution in [2.45, 2.75) is 39.5 Å². The van der Waals surface area contributed by atoms with Crippen molar-refractivity contribution < 1.29 is 9.59 Å². The number of carbonyl (C=O) groups is 2. The molecule has 0 aliphatic heterocycles. The van der Waals surface area contributed by atoms with Gasteiger partial charge in [0.15, 0.2) is 5.78 Å². The minimum atomic E-state index is -0.185. The van der Waals surface area contributed by atoms with Crippen LogP contribution in [0.4, 0.5) is 5.69 Å². The Kier molecular flexibility index (Phi) is 3.50. The highest BCUT2D eigenvalue weighted by atomic mass is 16.1. The molecule has 1 aromatic rings. The van der Waals surface area contributed by atoms with Crippen LogP contribution in [0.1, 0.15) is 49.9 Å². The van der Waals surface area contributed by atoms with Gasteiger partial charge in [-0.3, -0.25) is 9.59 Å². The molecule has 0 radical (unpaired) electrons. The predicted octanol–water partition coefficient (Wildman–Crippen LogP) is 3.41. The number of nitrogens with one attached hydrogen (secondary N) is 1. The molecule has 0 saturated heterocycles. The summed E-state index contributed by atoms with van der Waals surface area (Å²) >= 11 is 0. The van der Waals surface area contributed by atoms with Crippen LogP contribution in [0.15, 0.2) is 24.3 Å². The smallest absolute Gasteiger partial charge is 0.221 e. The highest BCUT2D eigenvalue weighted by molar-refractivity contribution is 6.01. The van der Waals surface area contributed by atoms with Gasteiger partial charge in [-0.2, -0.15) is 0 Å². The summed E-state index contributed by atoms with van der Waals surface area (Å²) in [7, 11) is 0. The van der Waals surface area contributed by atoms with Crippen molar-refractivity contribution in [2.24, 2.45) is 5.41 Å². The molecular weight excluding hydrogens is 226 g/mol. The molecule has 3 nitrogen and oxygen atoms in total. The predicted molar refractivity (Wildman–Crippen MR) is 71.7 cm³/mol. The number of rotatable bonds is 3. The standard InChI is InChI=1S/C15H19NO2/c1-11(17)16-13-7-5-12(6-8-13)14(18)15(2)9-3-4-10-15/h5-8H,3-4,9-10H2,1-2H3,(H,16,17). The van der Waals surface area contributed by atoms with Gasteiger partial charge >= 0.3 is 0 Å². The van der Waals surface area contributed by atoms with E-state index < -0.39 is 0 Å². The van der Waals surface area contributed by atoms with Gasteiger partial charge in [0.05, 0.1) is 0 Å². The summed E-state index contributed by atoms with van der Waals surface area (Å²) < 4.78 is 0. The van der Waals surface area contributed by atoms with E-state index in [1.807, 2.05) is 0 Å². The van der Waals surface area contributed by atoms with Crippen LogP contribution in [0.25, 0.3) is 0 Å². The Hall–Kier alpha value is -1.64. The number of ketones is 1. The van der Waals surface area contributed by atoms with E-state index in [2.05, 4.69) is 12.2 Å². The third-order valence-corrected chi connectivity index (χ3v) is 3.72. The maximum atomic E-state index is 12.4. The van der Waals surface area contributed by atoms with Gasteiger partial charge in [0, 0.05) is 23.6 Å². The van der Waals surface area contributed by atoms with E-state index in [-0.39, 0.29) is 17.1 Å². The summed E-state index contributed by atoms with van der Waals surface area (Å²) in [6.45, 7) is 3.53. The lowest BCUT2D eigenvalue weighted by molar-refractivity contribution is -0.114. The van der Waals surface area contributed by atoms with Crippen LogP contribution < -0.4 is 5.32 Å². The fraction of sp³-hybridized carbons (Fsp3) is 0.467. The van der Waals surface area contributed by atoms with Crippen LogP contribution >= 0.6 is 0 Å². The quantitative estimate of drug-likeness (QED) is 0.829. The maximum absolute atomic E-state index is 12.4. The second kappa shape index (κ2) is 4.92. The zero-order valence-electron chi connectivity index (χ0n) is 11.0. The molecule has 0 heterocycles. The van der Waals surface area contributed by atoms with Gasteiger partial charge in [0.25, 0.3) is 0 Å². The molecule has 96 valence electrons. The van der Waals surface area contributed by atoms with Crippen LogP contribution in [0.2, 0.25) is 0 Å². The van der Waals surface area contributed by atoms with Crippen molar-refractivity contribution >= 4 is 17.4 Å². The lowest BCUT2D eigenvalue weighted by atomic mass is 9.81. The molecule has 0 unspecified atom stereocenters. The van der Waals surface area contributed by atoms with Gasteiger partial charge < -0.3 is 5.32 Å².